The normalized spacial score (nSPS) is 18.3. The molecule has 1 aliphatic heterocycles. The molecule has 9 N–H and O–H groups in total. The van der Waals surface area contributed by atoms with Gasteiger partial charge in [-0.05, 0) is 103 Å². The summed E-state index contributed by atoms with van der Waals surface area (Å²) in [5.74, 6) is -2.11. The quantitative estimate of drug-likeness (QED) is 0.0927. The number of fused-ring (bicyclic) bond motifs is 3. The molecule has 0 saturated carbocycles. The molecule has 0 saturated heterocycles. The van der Waals surface area contributed by atoms with Crippen molar-refractivity contribution in [2.45, 2.75) is 79.7 Å². The average molecular weight is 791 g/mol. The lowest BCUT2D eigenvalue weighted by atomic mass is 9.98. The fourth-order valence-electron chi connectivity index (χ4n) is 7.17. The van der Waals surface area contributed by atoms with Gasteiger partial charge in [0.2, 0.25) is 17.7 Å². The number of benzene rings is 3. The van der Waals surface area contributed by atoms with Gasteiger partial charge in [-0.25, -0.2) is 9.78 Å². The Morgan fingerprint density at radius 1 is 0.877 bits per heavy atom. The van der Waals surface area contributed by atoms with Gasteiger partial charge in [-0.3, -0.25) is 14.4 Å². The highest BCUT2D eigenvalue weighted by atomic mass is 32.2. The first-order valence-corrected chi connectivity index (χ1v) is 20.1. The summed E-state index contributed by atoms with van der Waals surface area (Å²) in [5, 5.41) is 20.8. The van der Waals surface area contributed by atoms with Crippen molar-refractivity contribution in [1.29, 1.82) is 0 Å². The number of carboxylic acids is 1. The molecule has 57 heavy (non-hydrogen) atoms. The topological polar surface area (TPSA) is 209 Å². The Hall–Kier alpha value is -5.54. The Balaban J connectivity index is 1.45. The van der Waals surface area contributed by atoms with Crippen LogP contribution in [0.1, 0.15) is 59.2 Å². The van der Waals surface area contributed by atoms with Crippen LogP contribution in [-0.4, -0.2) is 81.9 Å². The number of carbonyl (C=O) groups excluding carboxylic acids is 3. The summed E-state index contributed by atoms with van der Waals surface area (Å²) in [6.07, 6.45) is 6.43. The third kappa shape index (κ3) is 10.1. The van der Waals surface area contributed by atoms with E-state index < -0.39 is 24.1 Å². The van der Waals surface area contributed by atoms with Crippen LogP contribution in [-0.2, 0) is 33.9 Å². The number of hydrogen-bond donors (Lipinski definition) is 7. The number of aromatic carboxylic acids is 1. The molecule has 298 valence electrons. The van der Waals surface area contributed by atoms with Gasteiger partial charge >= 0.3 is 5.97 Å². The number of carboxylic acid groups (broad SMARTS) is 1. The zero-order valence-electron chi connectivity index (χ0n) is 32.0. The molecule has 13 nitrogen and oxygen atoms in total. The van der Waals surface area contributed by atoms with Crippen LogP contribution < -0.4 is 27.4 Å². The Kier molecular flexibility index (Phi) is 14.1. The SMILES string of the molecule is CN1C(=O)C(CCCCN)NC(=O)C(CCCN)NCc2cccnc2Sc2cccc(-c3ccc(C(=O)O)cc3)c2CNC(=O)C1Cc1c[nH]c2ccccc12. The number of nitrogens with one attached hydrogen (secondary N) is 4. The monoisotopic (exact) mass is 790 g/mol. The number of unbranched alkanes of at least 4 members (excludes halogenated alkanes) is 1. The van der Waals surface area contributed by atoms with Crippen molar-refractivity contribution in [2.75, 3.05) is 20.1 Å². The van der Waals surface area contributed by atoms with Crippen LogP contribution in [0.3, 0.4) is 0 Å². The molecule has 0 spiro atoms. The van der Waals surface area contributed by atoms with Gasteiger partial charge in [0.1, 0.15) is 17.1 Å². The van der Waals surface area contributed by atoms with Gasteiger partial charge < -0.3 is 42.4 Å². The highest BCUT2D eigenvalue weighted by Gasteiger charge is 2.34. The Labute approximate surface area is 336 Å². The summed E-state index contributed by atoms with van der Waals surface area (Å²) in [6, 6.07) is 21.5. The van der Waals surface area contributed by atoms with Crippen molar-refractivity contribution in [3.8, 4) is 11.1 Å². The first-order valence-electron chi connectivity index (χ1n) is 19.3. The van der Waals surface area contributed by atoms with E-state index in [4.69, 9.17) is 16.5 Å². The van der Waals surface area contributed by atoms with E-state index in [1.165, 1.54) is 16.7 Å². The largest absolute Gasteiger partial charge is 0.478 e. The molecule has 2 aromatic heterocycles. The van der Waals surface area contributed by atoms with Crippen molar-refractivity contribution >= 4 is 46.4 Å². The summed E-state index contributed by atoms with van der Waals surface area (Å²) in [4.78, 5) is 65.3. The van der Waals surface area contributed by atoms with Gasteiger partial charge in [0.15, 0.2) is 0 Å². The van der Waals surface area contributed by atoms with Crippen molar-refractivity contribution < 1.29 is 24.3 Å². The average Bonchev–Trinajstić information content (AvgIpc) is 3.64. The van der Waals surface area contributed by atoms with E-state index in [9.17, 15) is 24.3 Å². The number of aromatic amines is 1. The van der Waals surface area contributed by atoms with Gasteiger partial charge in [-0.2, -0.15) is 0 Å². The fourth-order valence-corrected chi connectivity index (χ4v) is 8.22. The zero-order chi connectivity index (χ0) is 40.3. The molecule has 5 aromatic rings. The molecule has 1 aliphatic rings. The number of carbonyl (C=O) groups is 4. The molecule has 6 rings (SSSR count). The van der Waals surface area contributed by atoms with E-state index in [0.717, 1.165) is 43.6 Å². The number of hydrogen-bond acceptors (Lipinski definition) is 9. The summed E-state index contributed by atoms with van der Waals surface area (Å²) >= 11 is 1.44. The molecule has 0 radical (unpaired) electrons. The third-order valence-corrected chi connectivity index (χ3v) is 11.6. The minimum Gasteiger partial charge on any atom is -0.478 e. The number of H-pyrrole nitrogens is 1. The zero-order valence-corrected chi connectivity index (χ0v) is 32.8. The van der Waals surface area contributed by atoms with Crippen LogP contribution in [0.5, 0.6) is 0 Å². The van der Waals surface area contributed by atoms with Gasteiger partial charge in [-0.1, -0.05) is 60.3 Å². The van der Waals surface area contributed by atoms with Crippen LogP contribution in [0.15, 0.2) is 101 Å². The van der Waals surface area contributed by atoms with Crippen molar-refractivity contribution in [1.82, 2.24) is 30.8 Å². The number of aromatic nitrogens is 2. The summed E-state index contributed by atoms with van der Waals surface area (Å²) in [7, 11) is 1.61. The molecular formula is C43H50N8O5S. The minimum absolute atomic E-state index is 0.0999. The fraction of sp³-hybridized carbons (Fsp3) is 0.326. The first kappa shape index (κ1) is 41.1. The predicted octanol–water partition coefficient (Wildman–Crippen LogP) is 4.59. The lowest BCUT2D eigenvalue weighted by Crippen LogP contribution is -2.57. The van der Waals surface area contributed by atoms with Gasteiger partial charge in [0.05, 0.1) is 11.6 Å². The minimum atomic E-state index is -1.03. The molecule has 14 heteroatoms. The molecule has 3 aromatic carbocycles. The highest BCUT2D eigenvalue weighted by molar-refractivity contribution is 7.99. The number of amides is 3. The van der Waals surface area contributed by atoms with Crippen LogP contribution in [0.2, 0.25) is 0 Å². The van der Waals surface area contributed by atoms with Gasteiger partial charge in [-0.15, -0.1) is 0 Å². The van der Waals surface area contributed by atoms with Crippen LogP contribution >= 0.6 is 11.8 Å². The van der Waals surface area contributed by atoms with Crippen LogP contribution in [0, 0.1) is 0 Å². The van der Waals surface area contributed by atoms with Crippen molar-refractivity contribution in [3.05, 3.63) is 114 Å². The number of nitrogens with two attached hydrogens (primary N) is 2. The van der Waals surface area contributed by atoms with E-state index in [1.54, 1.807) is 37.5 Å². The Bertz CT molecular complexity index is 2190. The lowest BCUT2D eigenvalue weighted by molar-refractivity contribution is -0.142. The number of nitrogens with zero attached hydrogens (tertiary/aromatic N) is 2. The number of para-hydroxylation sites is 1. The van der Waals surface area contributed by atoms with E-state index in [1.807, 2.05) is 60.8 Å². The van der Waals surface area contributed by atoms with Gasteiger partial charge in [0, 0.05) is 54.8 Å². The van der Waals surface area contributed by atoms with Crippen molar-refractivity contribution in [3.63, 3.8) is 0 Å². The Morgan fingerprint density at radius 3 is 2.42 bits per heavy atom. The molecular weight excluding hydrogens is 741 g/mol. The predicted molar refractivity (Wildman–Crippen MR) is 221 cm³/mol. The standard InChI is InChI=1S/C43H50N8O5S/c1-51-37(23-30-25-47-34-12-3-2-10-32(30)34)40(53)49-26-33-31(27-16-18-28(19-17-27)43(55)56)11-6-15-38(33)57-41-29(9-8-22-46-41)24-48-35(14-7-21-45)39(52)50-36(42(51)54)13-4-5-20-44/h2-3,6,8-12,15-19,22,25,35-37,47-48H,4-5,7,13-14,20-21,23-24,26,44-45H2,1H3,(H,49,53)(H,50,52)(H,55,56). The smallest absolute Gasteiger partial charge is 0.335 e. The van der Waals surface area contributed by atoms with E-state index in [2.05, 4.69) is 20.9 Å². The maximum Gasteiger partial charge on any atom is 0.335 e. The number of rotatable bonds is 11. The molecule has 3 amide bonds. The second-order valence-electron chi connectivity index (χ2n) is 14.2. The second kappa shape index (κ2) is 19.6. The molecule has 0 fully saturated rings. The van der Waals surface area contributed by atoms with Crippen molar-refractivity contribution in [2.24, 2.45) is 11.5 Å². The van der Waals surface area contributed by atoms with E-state index in [0.29, 0.717) is 56.8 Å². The number of pyridine rings is 1. The summed E-state index contributed by atoms with van der Waals surface area (Å²) in [6.45, 7) is 1.25. The van der Waals surface area contributed by atoms with Crippen LogP contribution in [0.25, 0.3) is 22.0 Å². The Morgan fingerprint density at radius 2 is 1.65 bits per heavy atom. The third-order valence-electron chi connectivity index (χ3n) is 10.4. The van der Waals surface area contributed by atoms with E-state index >= 15 is 0 Å². The maximum atomic E-state index is 14.6. The summed E-state index contributed by atoms with van der Waals surface area (Å²) in [5.41, 5.74) is 16.9. The highest BCUT2D eigenvalue weighted by Crippen LogP contribution is 2.37. The molecule has 0 aliphatic carbocycles. The second-order valence-corrected chi connectivity index (χ2v) is 15.2. The maximum absolute atomic E-state index is 14.6. The van der Waals surface area contributed by atoms with Crippen LogP contribution in [0.4, 0.5) is 0 Å². The van der Waals surface area contributed by atoms with Gasteiger partial charge in [0.25, 0.3) is 0 Å². The lowest BCUT2D eigenvalue weighted by Gasteiger charge is -2.32. The first-order chi connectivity index (χ1) is 27.7. The number of likely N-dealkylation sites (N-methyl/N-ethyl adjacent to an activating group) is 1. The molecule has 3 atom stereocenters. The molecule has 3 unspecified atom stereocenters. The van der Waals surface area contributed by atoms with E-state index in [-0.39, 0.29) is 36.3 Å². The summed E-state index contributed by atoms with van der Waals surface area (Å²) < 4.78 is 0. The molecule has 0 bridgehead atoms. The molecule has 3 heterocycles.